The van der Waals surface area contributed by atoms with Gasteiger partial charge < -0.3 is 20.4 Å². The van der Waals surface area contributed by atoms with E-state index in [1.807, 2.05) is 0 Å². The van der Waals surface area contributed by atoms with Crippen molar-refractivity contribution in [2.75, 3.05) is 6.61 Å². The average Bonchev–Trinajstić information content (AvgIpc) is 2.00. The van der Waals surface area contributed by atoms with Gasteiger partial charge in [0.1, 0.15) is 18.3 Å². The molecule has 0 aromatic rings. The normalized spacial score (nSPS) is 19.0. The molecule has 0 amide bonds. The molecule has 11 heavy (non-hydrogen) atoms. The predicted molar refractivity (Wildman–Crippen MR) is 35.8 cm³/mol. The highest BCUT2D eigenvalue weighted by Crippen LogP contribution is 2.00. The molecule has 4 N–H and O–H groups in total. The summed E-state index contributed by atoms with van der Waals surface area (Å²) in [4.78, 5) is 10.4. The van der Waals surface area contributed by atoms with Crippen molar-refractivity contribution < 1.29 is 25.2 Å². The third kappa shape index (κ3) is 2.94. The maximum absolute atomic E-state index is 10.4. The second-order valence-electron chi connectivity index (χ2n) is 2.30. The van der Waals surface area contributed by atoms with E-state index in [4.69, 9.17) is 20.4 Å². The molecular weight excluding hydrogens is 152 g/mol. The number of aliphatic hydroxyl groups is 4. The molecule has 0 saturated heterocycles. The quantitative estimate of drug-likeness (QED) is 0.373. The van der Waals surface area contributed by atoms with Crippen molar-refractivity contribution >= 4 is 5.78 Å². The topological polar surface area (TPSA) is 98.0 Å². The monoisotopic (exact) mass is 164 g/mol. The highest BCUT2D eigenvalue weighted by atomic mass is 16.4. The molecule has 0 heterocycles. The minimum Gasteiger partial charge on any atom is -0.394 e. The lowest BCUT2D eigenvalue weighted by Crippen LogP contribution is -2.42. The maximum Gasteiger partial charge on any atom is 0.160 e. The van der Waals surface area contributed by atoms with E-state index >= 15 is 0 Å². The van der Waals surface area contributed by atoms with Gasteiger partial charge in [-0.1, -0.05) is 0 Å². The van der Waals surface area contributed by atoms with E-state index in [1.165, 1.54) is 0 Å². The lowest BCUT2D eigenvalue weighted by atomic mass is 10.1. The van der Waals surface area contributed by atoms with Crippen molar-refractivity contribution in [2.24, 2.45) is 0 Å². The summed E-state index contributed by atoms with van der Waals surface area (Å²) >= 11 is 0. The van der Waals surface area contributed by atoms with Gasteiger partial charge >= 0.3 is 0 Å². The first kappa shape index (κ1) is 10.5. The minimum atomic E-state index is -1.63. The van der Waals surface area contributed by atoms with Crippen LogP contribution in [0.15, 0.2) is 0 Å². The highest BCUT2D eigenvalue weighted by molar-refractivity contribution is 5.80. The molecule has 5 heteroatoms. The molecule has 0 aromatic heterocycles. The standard InChI is InChI=1S/C6H12O5/c1-3(8)5(10)6(11)4(9)2-7/h4-7,9-11H,2H2,1H3/t4-,5-,6-/m0/s1. The molecule has 0 aromatic carbocycles. The molecule has 66 valence electrons. The smallest absolute Gasteiger partial charge is 0.160 e. The molecule has 0 bridgehead atoms. The molecule has 0 aliphatic rings. The number of ketones is 1. The van der Waals surface area contributed by atoms with E-state index in [2.05, 4.69) is 0 Å². The third-order valence-electron chi connectivity index (χ3n) is 1.32. The lowest BCUT2D eigenvalue weighted by Gasteiger charge is -2.18. The fourth-order valence-corrected chi connectivity index (χ4v) is 0.559. The van der Waals surface area contributed by atoms with E-state index in [1.54, 1.807) is 0 Å². The lowest BCUT2D eigenvalue weighted by molar-refractivity contribution is -0.137. The Morgan fingerprint density at radius 3 is 2.09 bits per heavy atom. The Balaban J connectivity index is 4.00. The van der Waals surface area contributed by atoms with Gasteiger partial charge in [0, 0.05) is 0 Å². The summed E-state index contributed by atoms with van der Waals surface area (Å²) in [5.41, 5.74) is 0. The molecule has 0 unspecified atom stereocenters. The summed E-state index contributed by atoms with van der Waals surface area (Å²) in [5, 5.41) is 34.7. The maximum atomic E-state index is 10.4. The van der Waals surface area contributed by atoms with Crippen molar-refractivity contribution in [3.8, 4) is 0 Å². The van der Waals surface area contributed by atoms with Gasteiger partial charge in [0.2, 0.25) is 0 Å². The molecule has 3 atom stereocenters. The minimum absolute atomic E-state index is 0.648. The zero-order chi connectivity index (χ0) is 9.02. The van der Waals surface area contributed by atoms with Crippen LogP contribution >= 0.6 is 0 Å². The summed E-state index contributed by atoms with van der Waals surface area (Å²) in [6.45, 7) is 0.392. The summed E-state index contributed by atoms with van der Waals surface area (Å²) in [6, 6.07) is 0. The first-order valence-electron chi connectivity index (χ1n) is 3.16. The van der Waals surface area contributed by atoms with Gasteiger partial charge in [0.25, 0.3) is 0 Å². The molecular formula is C6H12O5. The highest BCUT2D eigenvalue weighted by Gasteiger charge is 2.26. The van der Waals surface area contributed by atoms with Crippen LogP contribution in [-0.2, 0) is 4.79 Å². The Labute approximate surface area is 63.9 Å². The van der Waals surface area contributed by atoms with Gasteiger partial charge in [-0.15, -0.1) is 0 Å². The fourth-order valence-electron chi connectivity index (χ4n) is 0.559. The summed E-state index contributed by atoms with van der Waals surface area (Å²) in [5.74, 6) is -0.648. The molecule has 0 spiro atoms. The molecule has 5 nitrogen and oxygen atoms in total. The van der Waals surface area contributed by atoms with Gasteiger partial charge in [-0.05, 0) is 6.92 Å². The van der Waals surface area contributed by atoms with Gasteiger partial charge in [0.05, 0.1) is 6.61 Å². The second-order valence-corrected chi connectivity index (χ2v) is 2.30. The molecule has 0 aliphatic heterocycles. The number of aliphatic hydroxyl groups excluding tert-OH is 4. The van der Waals surface area contributed by atoms with Crippen LogP contribution in [0.25, 0.3) is 0 Å². The Morgan fingerprint density at radius 1 is 1.36 bits per heavy atom. The Kier molecular flexibility index (Phi) is 4.20. The Morgan fingerprint density at radius 2 is 1.82 bits per heavy atom. The van der Waals surface area contributed by atoms with Gasteiger partial charge in [-0.25, -0.2) is 0 Å². The van der Waals surface area contributed by atoms with Crippen LogP contribution in [-0.4, -0.2) is 51.1 Å². The van der Waals surface area contributed by atoms with E-state index in [0.29, 0.717) is 0 Å². The van der Waals surface area contributed by atoms with Gasteiger partial charge in [0.15, 0.2) is 5.78 Å². The Hall–Kier alpha value is -0.490. The number of hydrogen-bond donors (Lipinski definition) is 4. The number of hydrogen-bond acceptors (Lipinski definition) is 5. The number of carbonyl (C=O) groups excluding carboxylic acids is 1. The van der Waals surface area contributed by atoms with E-state index in [-0.39, 0.29) is 0 Å². The van der Waals surface area contributed by atoms with Crippen molar-refractivity contribution in [1.29, 1.82) is 0 Å². The van der Waals surface area contributed by atoms with Crippen molar-refractivity contribution in [3.63, 3.8) is 0 Å². The van der Waals surface area contributed by atoms with Gasteiger partial charge in [-0.3, -0.25) is 4.79 Å². The van der Waals surface area contributed by atoms with E-state index < -0.39 is 30.7 Å². The summed E-state index contributed by atoms with van der Waals surface area (Å²) in [7, 11) is 0. The second kappa shape index (κ2) is 4.40. The van der Waals surface area contributed by atoms with Crippen LogP contribution in [0.1, 0.15) is 6.92 Å². The van der Waals surface area contributed by atoms with E-state index in [0.717, 1.165) is 6.92 Å². The van der Waals surface area contributed by atoms with Crippen LogP contribution < -0.4 is 0 Å². The van der Waals surface area contributed by atoms with Crippen molar-refractivity contribution in [3.05, 3.63) is 0 Å². The zero-order valence-corrected chi connectivity index (χ0v) is 6.14. The number of rotatable bonds is 4. The van der Waals surface area contributed by atoms with Crippen LogP contribution in [0.5, 0.6) is 0 Å². The molecule has 0 saturated carbocycles. The van der Waals surface area contributed by atoms with Crippen molar-refractivity contribution in [2.45, 2.75) is 25.2 Å². The van der Waals surface area contributed by atoms with Crippen LogP contribution in [0.4, 0.5) is 0 Å². The SMILES string of the molecule is CC(=O)[C@H](O)[C@@H](O)[C@@H](O)CO. The van der Waals surface area contributed by atoms with Crippen molar-refractivity contribution in [1.82, 2.24) is 0 Å². The van der Waals surface area contributed by atoms with Crippen LogP contribution in [0, 0.1) is 0 Å². The third-order valence-corrected chi connectivity index (χ3v) is 1.32. The first-order chi connectivity index (χ1) is 5.00. The first-order valence-corrected chi connectivity index (χ1v) is 3.16. The summed E-state index contributed by atoms with van der Waals surface area (Å²) in [6.07, 6.45) is -4.72. The van der Waals surface area contributed by atoms with Gasteiger partial charge in [-0.2, -0.15) is 0 Å². The zero-order valence-electron chi connectivity index (χ0n) is 6.14. The van der Waals surface area contributed by atoms with Crippen LogP contribution in [0.2, 0.25) is 0 Å². The number of Topliss-reactive ketones (excluding diaryl/α,β-unsaturated/α-hetero) is 1. The molecule has 0 radical (unpaired) electrons. The van der Waals surface area contributed by atoms with E-state index in [9.17, 15) is 4.79 Å². The molecule has 0 fully saturated rings. The predicted octanol–water partition coefficient (Wildman–Crippen LogP) is -2.35. The summed E-state index contributed by atoms with van der Waals surface area (Å²) < 4.78 is 0. The molecule has 0 rings (SSSR count). The number of carbonyl (C=O) groups is 1. The fraction of sp³-hybridized carbons (Fsp3) is 0.833. The average molecular weight is 164 g/mol. The Bertz CT molecular complexity index is 135. The largest absolute Gasteiger partial charge is 0.394 e. The van der Waals surface area contributed by atoms with Crippen LogP contribution in [0.3, 0.4) is 0 Å². The molecule has 0 aliphatic carbocycles.